The van der Waals surface area contributed by atoms with Gasteiger partial charge in [-0.1, -0.05) is 30.5 Å². The lowest BCUT2D eigenvalue weighted by Crippen LogP contribution is -2.32. The van der Waals surface area contributed by atoms with Crippen molar-refractivity contribution in [2.45, 2.75) is 44.3 Å². The van der Waals surface area contributed by atoms with Crippen molar-refractivity contribution in [3.8, 4) is 5.75 Å². The molecule has 2 rings (SSSR count). The summed E-state index contributed by atoms with van der Waals surface area (Å²) in [4.78, 5) is 0. The van der Waals surface area contributed by atoms with Crippen LogP contribution in [-0.4, -0.2) is 22.4 Å². The molecule has 0 unspecified atom stereocenters. The van der Waals surface area contributed by atoms with Crippen molar-refractivity contribution in [3.05, 3.63) is 28.8 Å². The van der Waals surface area contributed by atoms with Crippen molar-refractivity contribution in [2.75, 3.05) is 6.61 Å². The van der Waals surface area contributed by atoms with Crippen LogP contribution in [0.3, 0.4) is 0 Å². The van der Waals surface area contributed by atoms with Gasteiger partial charge in [0.05, 0.1) is 16.7 Å². The van der Waals surface area contributed by atoms with Gasteiger partial charge in [0.15, 0.2) is 0 Å². The summed E-state index contributed by atoms with van der Waals surface area (Å²) in [6, 6.07) is 5.22. The van der Waals surface area contributed by atoms with E-state index < -0.39 is 11.7 Å². The van der Waals surface area contributed by atoms with Crippen molar-refractivity contribution >= 4 is 11.6 Å². The van der Waals surface area contributed by atoms with E-state index in [-0.39, 0.29) is 6.61 Å². The van der Waals surface area contributed by atoms with Crippen molar-refractivity contribution in [1.29, 1.82) is 0 Å². The Kier molecular flexibility index (Phi) is 4.15. The molecule has 2 N–H and O–H groups in total. The van der Waals surface area contributed by atoms with E-state index in [1.807, 2.05) is 0 Å². The van der Waals surface area contributed by atoms with E-state index in [2.05, 4.69) is 0 Å². The van der Waals surface area contributed by atoms with Gasteiger partial charge in [-0.3, -0.25) is 0 Å². The predicted octanol–water partition coefficient (Wildman–Crippen LogP) is 3.08. The highest BCUT2D eigenvalue weighted by Crippen LogP contribution is 2.32. The molecule has 0 bridgehead atoms. The van der Waals surface area contributed by atoms with E-state index >= 15 is 0 Å². The number of aliphatic hydroxyl groups excluding tert-OH is 1. The van der Waals surface area contributed by atoms with Gasteiger partial charge in [-0.2, -0.15) is 0 Å². The molecular weight excluding hydrogens is 252 g/mol. The Hall–Kier alpha value is -0.770. The number of benzene rings is 1. The third-order valence-corrected chi connectivity index (χ3v) is 3.76. The molecule has 0 radical (unpaired) electrons. The summed E-state index contributed by atoms with van der Waals surface area (Å²) in [5, 5.41) is 20.1. The maximum Gasteiger partial charge on any atom is 0.138 e. The third-order valence-electron chi connectivity index (χ3n) is 3.47. The summed E-state index contributed by atoms with van der Waals surface area (Å²) in [5.74, 6) is 0.557. The fourth-order valence-electron chi connectivity index (χ4n) is 2.28. The van der Waals surface area contributed by atoms with E-state index in [0.29, 0.717) is 10.8 Å². The average molecular weight is 271 g/mol. The first kappa shape index (κ1) is 13.7. The van der Waals surface area contributed by atoms with E-state index in [9.17, 15) is 10.2 Å². The molecule has 0 heterocycles. The first-order chi connectivity index (χ1) is 8.50. The monoisotopic (exact) mass is 270 g/mol. The summed E-state index contributed by atoms with van der Waals surface area (Å²) in [6.07, 6.45) is 3.13. The molecule has 1 aromatic rings. The van der Waals surface area contributed by atoms with Gasteiger partial charge in [-0.25, -0.2) is 0 Å². The molecular formula is C14H19ClO3. The number of halogens is 1. The molecule has 18 heavy (non-hydrogen) atoms. The molecule has 0 spiro atoms. The number of hydrogen-bond acceptors (Lipinski definition) is 3. The highest BCUT2D eigenvalue weighted by Gasteiger charge is 2.32. The number of ether oxygens (including phenoxy) is 1. The van der Waals surface area contributed by atoms with Crippen LogP contribution < -0.4 is 4.74 Å². The van der Waals surface area contributed by atoms with Crippen LogP contribution in [0.5, 0.6) is 5.75 Å². The quantitative estimate of drug-likeness (QED) is 0.884. The minimum atomic E-state index is -0.702. The number of aliphatic hydroxyl groups is 2. The van der Waals surface area contributed by atoms with E-state index in [1.165, 1.54) is 0 Å². The van der Waals surface area contributed by atoms with Crippen LogP contribution in [0.2, 0.25) is 5.02 Å². The fourth-order valence-corrected chi connectivity index (χ4v) is 2.53. The van der Waals surface area contributed by atoms with Gasteiger partial charge in [0, 0.05) is 0 Å². The molecule has 1 saturated carbocycles. The second-order valence-electron chi connectivity index (χ2n) is 5.09. The maximum absolute atomic E-state index is 10.2. The van der Waals surface area contributed by atoms with Gasteiger partial charge < -0.3 is 14.9 Å². The van der Waals surface area contributed by atoms with Crippen LogP contribution in [0.1, 0.15) is 44.3 Å². The molecule has 0 saturated heterocycles. The largest absolute Gasteiger partial charge is 0.489 e. The molecule has 3 nitrogen and oxygen atoms in total. The predicted molar refractivity (Wildman–Crippen MR) is 71.0 cm³/mol. The minimum absolute atomic E-state index is 0.279. The molecule has 1 aromatic carbocycles. The average Bonchev–Trinajstić information content (AvgIpc) is 2.75. The highest BCUT2D eigenvalue weighted by molar-refractivity contribution is 6.32. The zero-order valence-corrected chi connectivity index (χ0v) is 11.3. The summed E-state index contributed by atoms with van der Waals surface area (Å²) in [6.45, 7) is 1.97. The lowest BCUT2D eigenvalue weighted by Gasteiger charge is -2.22. The summed E-state index contributed by atoms with van der Waals surface area (Å²) < 4.78 is 5.59. The molecule has 0 aromatic heterocycles. The number of hydrogen-bond donors (Lipinski definition) is 2. The molecule has 1 atom stereocenters. The first-order valence-electron chi connectivity index (χ1n) is 6.33. The first-order valence-corrected chi connectivity index (χ1v) is 6.71. The Morgan fingerprint density at radius 2 is 2.06 bits per heavy atom. The van der Waals surface area contributed by atoms with Crippen LogP contribution >= 0.6 is 11.6 Å². The Balaban J connectivity index is 2.01. The molecule has 4 heteroatoms. The second-order valence-corrected chi connectivity index (χ2v) is 5.49. The van der Waals surface area contributed by atoms with Crippen LogP contribution in [0.25, 0.3) is 0 Å². The Morgan fingerprint density at radius 3 is 2.61 bits per heavy atom. The molecule has 1 aliphatic rings. The van der Waals surface area contributed by atoms with Gasteiger partial charge >= 0.3 is 0 Å². The van der Waals surface area contributed by atoms with Gasteiger partial charge in [0.2, 0.25) is 0 Å². The van der Waals surface area contributed by atoms with Gasteiger partial charge in [0.25, 0.3) is 0 Å². The molecule has 100 valence electrons. The number of rotatable bonds is 4. The topological polar surface area (TPSA) is 49.7 Å². The van der Waals surface area contributed by atoms with Crippen LogP contribution in [0.4, 0.5) is 0 Å². The van der Waals surface area contributed by atoms with E-state index in [0.717, 1.165) is 31.2 Å². The molecule has 0 aliphatic heterocycles. The third kappa shape index (κ3) is 3.16. The van der Waals surface area contributed by atoms with Crippen molar-refractivity contribution in [2.24, 2.45) is 0 Å². The van der Waals surface area contributed by atoms with E-state index in [4.69, 9.17) is 16.3 Å². The zero-order valence-electron chi connectivity index (χ0n) is 10.5. The SMILES string of the molecule is C[C@@H](O)c1ccc(OCC2(O)CCCC2)c(Cl)c1. The second kappa shape index (κ2) is 5.47. The maximum atomic E-state index is 10.2. The van der Waals surface area contributed by atoms with Gasteiger partial charge in [0.1, 0.15) is 12.4 Å². The highest BCUT2D eigenvalue weighted by atomic mass is 35.5. The molecule has 0 amide bonds. The molecule has 1 aliphatic carbocycles. The van der Waals surface area contributed by atoms with Gasteiger partial charge in [-0.05, 0) is 37.5 Å². The Labute approximate surface area is 112 Å². The van der Waals surface area contributed by atoms with Crippen LogP contribution in [0.15, 0.2) is 18.2 Å². The van der Waals surface area contributed by atoms with E-state index in [1.54, 1.807) is 25.1 Å². The Bertz CT molecular complexity index is 412. The van der Waals surface area contributed by atoms with Crippen LogP contribution in [0, 0.1) is 0 Å². The van der Waals surface area contributed by atoms with Gasteiger partial charge in [-0.15, -0.1) is 0 Å². The Morgan fingerprint density at radius 1 is 1.39 bits per heavy atom. The van der Waals surface area contributed by atoms with Crippen molar-refractivity contribution in [3.63, 3.8) is 0 Å². The molecule has 1 fully saturated rings. The summed E-state index contributed by atoms with van der Waals surface area (Å²) in [5.41, 5.74) is 0.0543. The summed E-state index contributed by atoms with van der Waals surface area (Å²) in [7, 11) is 0. The smallest absolute Gasteiger partial charge is 0.138 e. The van der Waals surface area contributed by atoms with Crippen LogP contribution in [-0.2, 0) is 0 Å². The normalized spacial score (nSPS) is 19.8. The summed E-state index contributed by atoms with van der Waals surface area (Å²) >= 11 is 6.09. The minimum Gasteiger partial charge on any atom is -0.489 e. The fraction of sp³-hybridized carbons (Fsp3) is 0.571. The lowest BCUT2D eigenvalue weighted by molar-refractivity contribution is 0.00142. The standard InChI is InChI=1S/C14H19ClO3/c1-10(16)11-4-5-13(12(15)8-11)18-9-14(17)6-2-3-7-14/h4-5,8,10,16-17H,2-3,6-7,9H2,1H3/t10-/m1/s1. The van der Waals surface area contributed by atoms with Crippen molar-refractivity contribution in [1.82, 2.24) is 0 Å². The van der Waals surface area contributed by atoms with Crippen molar-refractivity contribution < 1.29 is 14.9 Å². The zero-order chi connectivity index (χ0) is 13.2. The lowest BCUT2D eigenvalue weighted by atomic mass is 10.0.